The van der Waals surface area contributed by atoms with E-state index in [4.69, 9.17) is 5.11 Å². The van der Waals surface area contributed by atoms with Crippen LogP contribution in [0, 0.1) is 6.92 Å². The molecule has 1 rings (SSSR count). The lowest BCUT2D eigenvalue weighted by Gasteiger charge is -2.17. The van der Waals surface area contributed by atoms with Gasteiger partial charge >= 0.3 is 0 Å². The Kier molecular flexibility index (Phi) is 3.84. The van der Waals surface area contributed by atoms with E-state index in [0.717, 1.165) is 12.2 Å². The second-order valence-electron chi connectivity index (χ2n) is 3.41. The van der Waals surface area contributed by atoms with Gasteiger partial charge in [-0.15, -0.1) is 11.3 Å². The van der Waals surface area contributed by atoms with E-state index in [1.807, 2.05) is 19.5 Å². The van der Waals surface area contributed by atoms with Gasteiger partial charge in [0.15, 0.2) is 0 Å². The topological polar surface area (TPSA) is 36.4 Å². The number of thiazole rings is 1. The van der Waals surface area contributed by atoms with E-state index in [-0.39, 0.29) is 6.10 Å². The van der Waals surface area contributed by atoms with Crippen LogP contribution in [-0.2, 0) is 6.54 Å². The number of aryl methyl sites for hydroxylation is 1. The Morgan fingerprint density at radius 1 is 1.69 bits per heavy atom. The van der Waals surface area contributed by atoms with Gasteiger partial charge in [0.25, 0.3) is 0 Å². The first-order chi connectivity index (χ1) is 6.09. The first kappa shape index (κ1) is 10.6. The maximum atomic E-state index is 9.17. The highest BCUT2D eigenvalue weighted by Crippen LogP contribution is 2.13. The SMILES string of the molecule is Cc1ncsc1CN(C)C[C@H](C)O. The lowest BCUT2D eigenvalue weighted by atomic mass is 10.3. The van der Waals surface area contributed by atoms with Crippen LogP contribution in [-0.4, -0.2) is 34.7 Å². The molecule has 1 heterocycles. The molecule has 4 heteroatoms. The smallest absolute Gasteiger partial charge is 0.0798 e. The average molecular weight is 200 g/mol. The molecule has 0 bridgehead atoms. The van der Waals surface area contributed by atoms with Crippen LogP contribution >= 0.6 is 11.3 Å². The van der Waals surface area contributed by atoms with Crippen LogP contribution in [0.1, 0.15) is 17.5 Å². The number of hydrogen-bond acceptors (Lipinski definition) is 4. The average Bonchev–Trinajstić information content (AvgIpc) is 2.34. The summed E-state index contributed by atoms with van der Waals surface area (Å²) in [5, 5.41) is 9.17. The molecule has 1 N–H and O–H groups in total. The monoisotopic (exact) mass is 200 g/mol. The Morgan fingerprint density at radius 3 is 2.85 bits per heavy atom. The summed E-state index contributed by atoms with van der Waals surface area (Å²) in [6.45, 7) is 5.40. The zero-order valence-corrected chi connectivity index (χ0v) is 9.14. The Balaban J connectivity index is 2.45. The predicted octanol–water partition coefficient (Wildman–Crippen LogP) is 1.26. The Bertz CT molecular complexity index is 260. The maximum absolute atomic E-state index is 9.17. The number of hydrogen-bond donors (Lipinski definition) is 1. The molecule has 0 aliphatic heterocycles. The van der Waals surface area contributed by atoms with Crippen LogP contribution < -0.4 is 0 Å². The molecule has 0 saturated heterocycles. The van der Waals surface area contributed by atoms with Crippen molar-refractivity contribution in [1.82, 2.24) is 9.88 Å². The normalized spacial score (nSPS) is 13.6. The molecule has 0 saturated carbocycles. The summed E-state index contributed by atoms with van der Waals surface area (Å²) in [6.07, 6.45) is -0.266. The summed E-state index contributed by atoms with van der Waals surface area (Å²) in [6, 6.07) is 0. The zero-order chi connectivity index (χ0) is 9.84. The molecule has 1 aromatic rings. The van der Waals surface area contributed by atoms with Gasteiger partial charge in [0.05, 0.1) is 17.3 Å². The van der Waals surface area contributed by atoms with E-state index in [0.29, 0.717) is 6.54 Å². The van der Waals surface area contributed by atoms with Gasteiger partial charge in [-0.3, -0.25) is 4.90 Å². The molecule has 13 heavy (non-hydrogen) atoms. The van der Waals surface area contributed by atoms with Crippen molar-refractivity contribution in [3.63, 3.8) is 0 Å². The van der Waals surface area contributed by atoms with Gasteiger partial charge in [-0.05, 0) is 20.9 Å². The Labute approximate surface area is 83.0 Å². The highest BCUT2D eigenvalue weighted by atomic mass is 32.1. The quantitative estimate of drug-likeness (QED) is 0.795. The van der Waals surface area contributed by atoms with Crippen molar-refractivity contribution in [3.8, 4) is 0 Å². The lowest BCUT2D eigenvalue weighted by Crippen LogP contribution is -2.26. The van der Waals surface area contributed by atoms with E-state index in [1.54, 1.807) is 18.3 Å². The highest BCUT2D eigenvalue weighted by Gasteiger charge is 2.07. The summed E-state index contributed by atoms with van der Waals surface area (Å²) < 4.78 is 0. The fourth-order valence-electron chi connectivity index (χ4n) is 1.24. The molecule has 0 unspecified atom stereocenters. The number of nitrogens with zero attached hydrogens (tertiary/aromatic N) is 2. The van der Waals surface area contributed by atoms with Gasteiger partial charge in [0.2, 0.25) is 0 Å². The number of rotatable bonds is 4. The third-order valence-corrected chi connectivity index (χ3v) is 2.75. The second-order valence-corrected chi connectivity index (χ2v) is 4.35. The lowest BCUT2D eigenvalue weighted by molar-refractivity contribution is 0.139. The van der Waals surface area contributed by atoms with E-state index >= 15 is 0 Å². The van der Waals surface area contributed by atoms with Crippen LogP contribution in [0.2, 0.25) is 0 Å². The summed E-state index contributed by atoms with van der Waals surface area (Å²) in [5.74, 6) is 0. The van der Waals surface area contributed by atoms with E-state index in [1.165, 1.54) is 4.88 Å². The minimum Gasteiger partial charge on any atom is -0.392 e. The van der Waals surface area contributed by atoms with Crippen LogP contribution in [0.25, 0.3) is 0 Å². The summed E-state index contributed by atoms with van der Waals surface area (Å²) >= 11 is 1.67. The Morgan fingerprint density at radius 2 is 2.38 bits per heavy atom. The van der Waals surface area contributed by atoms with Crippen molar-refractivity contribution in [2.45, 2.75) is 26.5 Å². The van der Waals surface area contributed by atoms with Crippen LogP contribution in [0.15, 0.2) is 5.51 Å². The molecule has 0 amide bonds. The molecular formula is C9H16N2OS. The molecule has 0 aromatic carbocycles. The van der Waals surface area contributed by atoms with Gasteiger partial charge in [-0.2, -0.15) is 0 Å². The third-order valence-electron chi connectivity index (χ3n) is 1.83. The van der Waals surface area contributed by atoms with Crippen LogP contribution in [0.4, 0.5) is 0 Å². The number of aliphatic hydroxyl groups excluding tert-OH is 1. The maximum Gasteiger partial charge on any atom is 0.0798 e. The second kappa shape index (κ2) is 4.69. The summed E-state index contributed by atoms with van der Waals surface area (Å²) in [4.78, 5) is 7.56. The van der Waals surface area contributed by atoms with Crippen molar-refractivity contribution >= 4 is 11.3 Å². The third kappa shape index (κ3) is 3.42. The van der Waals surface area contributed by atoms with Gasteiger partial charge in [0, 0.05) is 18.0 Å². The van der Waals surface area contributed by atoms with E-state index in [2.05, 4.69) is 9.88 Å². The number of likely N-dealkylation sites (N-methyl/N-ethyl adjacent to an activating group) is 1. The fourth-order valence-corrected chi connectivity index (χ4v) is 2.09. The Hall–Kier alpha value is -0.450. The van der Waals surface area contributed by atoms with Crippen LogP contribution in [0.5, 0.6) is 0 Å². The molecule has 74 valence electrons. The molecule has 1 atom stereocenters. The molecular weight excluding hydrogens is 184 g/mol. The van der Waals surface area contributed by atoms with Crippen molar-refractivity contribution in [3.05, 3.63) is 16.1 Å². The standard InChI is InChI=1S/C9H16N2OS/c1-7(12)4-11(3)5-9-8(2)10-6-13-9/h6-7,12H,4-5H2,1-3H3/t7-/m0/s1. The highest BCUT2D eigenvalue weighted by molar-refractivity contribution is 7.09. The molecule has 3 nitrogen and oxygen atoms in total. The van der Waals surface area contributed by atoms with E-state index in [9.17, 15) is 0 Å². The van der Waals surface area contributed by atoms with E-state index < -0.39 is 0 Å². The molecule has 0 fully saturated rings. The largest absolute Gasteiger partial charge is 0.392 e. The zero-order valence-electron chi connectivity index (χ0n) is 8.32. The van der Waals surface area contributed by atoms with Gasteiger partial charge in [-0.25, -0.2) is 4.98 Å². The molecule has 0 aliphatic carbocycles. The molecule has 0 radical (unpaired) electrons. The van der Waals surface area contributed by atoms with Crippen LogP contribution in [0.3, 0.4) is 0 Å². The predicted molar refractivity (Wildman–Crippen MR) is 54.9 cm³/mol. The minimum atomic E-state index is -0.266. The van der Waals surface area contributed by atoms with Crippen molar-refractivity contribution in [2.75, 3.05) is 13.6 Å². The first-order valence-electron chi connectivity index (χ1n) is 4.35. The summed E-state index contributed by atoms with van der Waals surface area (Å²) in [5.41, 5.74) is 2.96. The van der Waals surface area contributed by atoms with Crippen molar-refractivity contribution in [2.24, 2.45) is 0 Å². The fraction of sp³-hybridized carbons (Fsp3) is 0.667. The number of aromatic nitrogens is 1. The summed E-state index contributed by atoms with van der Waals surface area (Å²) in [7, 11) is 2.01. The molecule has 0 spiro atoms. The van der Waals surface area contributed by atoms with Gasteiger partial charge in [-0.1, -0.05) is 0 Å². The number of aliphatic hydroxyl groups is 1. The first-order valence-corrected chi connectivity index (χ1v) is 5.23. The van der Waals surface area contributed by atoms with Gasteiger partial charge in [0.1, 0.15) is 0 Å². The van der Waals surface area contributed by atoms with Crippen molar-refractivity contribution < 1.29 is 5.11 Å². The van der Waals surface area contributed by atoms with Crippen molar-refractivity contribution in [1.29, 1.82) is 0 Å². The van der Waals surface area contributed by atoms with Gasteiger partial charge < -0.3 is 5.11 Å². The minimum absolute atomic E-state index is 0.266. The molecule has 1 aromatic heterocycles. The molecule has 0 aliphatic rings.